The molecule has 2 aromatic carbocycles. The van der Waals surface area contributed by atoms with Crippen LogP contribution in [0.4, 0.5) is 13.2 Å². The van der Waals surface area contributed by atoms with E-state index in [4.69, 9.17) is 4.74 Å². The summed E-state index contributed by atoms with van der Waals surface area (Å²) in [6.07, 6.45) is 12.7. The van der Waals surface area contributed by atoms with Gasteiger partial charge < -0.3 is 4.74 Å². The monoisotopic (exact) mass is 500 g/mol. The number of ether oxygens (including phenoxy) is 1. The van der Waals surface area contributed by atoms with E-state index in [1.165, 1.54) is 6.07 Å². The highest BCUT2D eigenvalue weighted by Gasteiger charge is 2.29. The molecule has 0 radical (unpaired) electrons. The summed E-state index contributed by atoms with van der Waals surface area (Å²) in [5.41, 5.74) is 1.87. The fourth-order valence-electron chi connectivity index (χ4n) is 6.27. The molecule has 0 saturated heterocycles. The highest BCUT2D eigenvalue weighted by Crippen LogP contribution is 2.42. The first-order valence-corrected chi connectivity index (χ1v) is 14.3. The summed E-state index contributed by atoms with van der Waals surface area (Å²) < 4.78 is 50.4. The van der Waals surface area contributed by atoms with Crippen molar-refractivity contribution in [3.63, 3.8) is 0 Å². The van der Waals surface area contributed by atoms with Gasteiger partial charge in [-0.1, -0.05) is 57.7 Å². The van der Waals surface area contributed by atoms with Gasteiger partial charge in [0, 0.05) is 6.07 Å². The van der Waals surface area contributed by atoms with Crippen molar-refractivity contribution in [2.24, 2.45) is 11.8 Å². The molecule has 4 heteroatoms. The van der Waals surface area contributed by atoms with Gasteiger partial charge in [-0.25, -0.2) is 13.2 Å². The van der Waals surface area contributed by atoms with E-state index < -0.39 is 11.6 Å². The van der Waals surface area contributed by atoms with Crippen LogP contribution in [0.2, 0.25) is 0 Å². The summed E-state index contributed by atoms with van der Waals surface area (Å²) in [7, 11) is 0. The van der Waals surface area contributed by atoms with E-state index in [-0.39, 0.29) is 17.7 Å². The molecule has 0 aromatic heterocycles. The average molecular weight is 501 g/mol. The molecule has 2 aromatic rings. The van der Waals surface area contributed by atoms with Crippen molar-refractivity contribution < 1.29 is 17.9 Å². The molecule has 4 rings (SSSR count). The van der Waals surface area contributed by atoms with E-state index in [1.807, 2.05) is 24.3 Å². The standard InChI is InChI=1S/C32H43F3O/c1-3-4-5-20-36-27-17-16-26(30(33)21-27)15-10-23-8-13-25(14-9-23)29-19-18-28(31(34)32(29)35)24-11-6-22(2)7-12-24/h16-19,21-25H,3-15,20H2,1-2H3. The summed E-state index contributed by atoms with van der Waals surface area (Å²) in [4.78, 5) is 0. The molecule has 0 bridgehead atoms. The lowest BCUT2D eigenvalue weighted by Crippen LogP contribution is -2.17. The van der Waals surface area contributed by atoms with Crippen molar-refractivity contribution in [3.8, 4) is 5.75 Å². The van der Waals surface area contributed by atoms with Crippen LogP contribution < -0.4 is 4.74 Å². The normalized spacial score (nSPS) is 24.6. The van der Waals surface area contributed by atoms with Crippen molar-refractivity contribution in [2.45, 2.75) is 109 Å². The smallest absolute Gasteiger partial charge is 0.162 e. The third-order valence-corrected chi connectivity index (χ3v) is 8.75. The van der Waals surface area contributed by atoms with Crippen molar-refractivity contribution in [3.05, 3.63) is 64.5 Å². The van der Waals surface area contributed by atoms with Gasteiger partial charge in [0.25, 0.3) is 0 Å². The molecule has 0 amide bonds. The van der Waals surface area contributed by atoms with Crippen LogP contribution in [0.15, 0.2) is 30.3 Å². The first-order valence-electron chi connectivity index (χ1n) is 14.3. The molecule has 2 aliphatic rings. The number of hydrogen-bond acceptors (Lipinski definition) is 1. The van der Waals surface area contributed by atoms with Crippen LogP contribution in [0.5, 0.6) is 5.75 Å². The second kappa shape index (κ2) is 13.0. The van der Waals surface area contributed by atoms with E-state index in [1.54, 1.807) is 0 Å². The Bertz CT molecular complexity index is 972. The Hall–Kier alpha value is -1.97. The molecule has 0 N–H and O–H groups in total. The maximum absolute atomic E-state index is 15.1. The van der Waals surface area contributed by atoms with E-state index in [9.17, 15) is 4.39 Å². The molecular formula is C32H43F3O. The van der Waals surface area contributed by atoms with Crippen molar-refractivity contribution in [1.29, 1.82) is 0 Å². The van der Waals surface area contributed by atoms with Gasteiger partial charge in [0.2, 0.25) is 0 Å². The van der Waals surface area contributed by atoms with Crippen LogP contribution in [-0.2, 0) is 6.42 Å². The van der Waals surface area contributed by atoms with Gasteiger partial charge in [0.1, 0.15) is 11.6 Å². The van der Waals surface area contributed by atoms with Gasteiger partial charge in [-0.3, -0.25) is 0 Å². The van der Waals surface area contributed by atoms with Gasteiger partial charge in [-0.15, -0.1) is 0 Å². The van der Waals surface area contributed by atoms with Crippen LogP contribution in [-0.4, -0.2) is 6.61 Å². The van der Waals surface area contributed by atoms with Crippen LogP contribution >= 0.6 is 0 Å². The number of unbranched alkanes of at least 4 members (excludes halogenated alkanes) is 2. The van der Waals surface area contributed by atoms with Crippen LogP contribution in [0.3, 0.4) is 0 Å². The summed E-state index contributed by atoms with van der Waals surface area (Å²) >= 11 is 0. The van der Waals surface area contributed by atoms with Crippen molar-refractivity contribution >= 4 is 0 Å². The Labute approximate surface area is 215 Å². The number of rotatable bonds is 10. The SMILES string of the molecule is CCCCCOc1ccc(CCC2CCC(c3ccc(C4CCC(C)CC4)c(F)c3F)CC2)c(F)c1. The third-order valence-electron chi connectivity index (χ3n) is 8.75. The topological polar surface area (TPSA) is 9.23 Å². The second-order valence-electron chi connectivity index (χ2n) is 11.4. The molecule has 2 saturated carbocycles. The fraction of sp³-hybridized carbons (Fsp3) is 0.625. The zero-order chi connectivity index (χ0) is 25.5. The Balaban J connectivity index is 1.26. The fourth-order valence-corrected chi connectivity index (χ4v) is 6.27. The van der Waals surface area contributed by atoms with Crippen molar-refractivity contribution in [2.75, 3.05) is 6.61 Å². The molecule has 0 heterocycles. The van der Waals surface area contributed by atoms with E-state index in [0.29, 0.717) is 41.7 Å². The lowest BCUT2D eigenvalue weighted by atomic mass is 9.75. The first kappa shape index (κ1) is 27.1. The predicted octanol–water partition coefficient (Wildman–Crippen LogP) is 9.87. The second-order valence-corrected chi connectivity index (χ2v) is 11.4. The van der Waals surface area contributed by atoms with Crippen LogP contribution in [0, 0.1) is 29.3 Å². The first-order chi connectivity index (χ1) is 17.5. The minimum absolute atomic E-state index is 0.0806. The molecule has 1 nitrogen and oxygen atoms in total. The molecule has 2 fully saturated rings. The Kier molecular flexibility index (Phi) is 9.79. The van der Waals surface area contributed by atoms with E-state index >= 15 is 8.78 Å². The highest BCUT2D eigenvalue weighted by molar-refractivity contribution is 5.32. The molecule has 36 heavy (non-hydrogen) atoms. The van der Waals surface area contributed by atoms with Gasteiger partial charge in [0.15, 0.2) is 11.6 Å². The minimum atomic E-state index is -0.617. The highest BCUT2D eigenvalue weighted by atomic mass is 19.2. The molecule has 0 atom stereocenters. The Morgan fingerprint density at radius 3 is 1.97 bits per heavy atom. The van der Waals surface area contributed by atoms with Gasteiger partial charge in [-0.05, 0) is 104 Å². The summed E-state index contributed by atoms with van der Waals surface area (Å²) in [6, 6.07) is 8.95. The quantitative estimate of drug-likeness (QED) is 0.295. The Morgan fingerprint density at radius 1 is 0.778 bits per heavy atom. The van der Waals surface area contributed by atoms with Gasteiger partial charge >= 0.3 is 0 Å². The molecule has 0 unspecified atom stereocenters. The summed E-state index contributed by atoms with van der Waals surface area (Å²) in [5.74, 6) is 0.611. The average Bonchev–Trinajstić information content (AvgIpc) is 2.89. The van der Waals surface area contributed by atoms with E-state index in [0.717, 1.165) is 82.6 Å². The number of benzene rings is 2. The summed E-state index contributed by atoms with van der Waals surface area (Å²) in [5, 5.41) is 0. The largest absolute Gasteiger partial charge is 0.493 e. The van der Waals surface area contributed by atoms with Crippen LogP contribution in [0.25, 0.3) is 0 Å². The van der Waals surface area contributed by atoms with E-state index in [2.05, 4.69) is 13.8 Å². The lowest BCUT2D eigenvalue weighted by Gasteiger charge is -2.30. The maximum Gasteiger partial charge on any atom is 0.162 e. The molecular weight excluding hydrogens is 457 g/mol. The van der Waals surface area contributed by atoms with Crippen molar-refractivity contribution in [1.82, 2.24) is 0 Å². The molecule has 2 aliphatic carbocycles. The van der Waals surface area contributed by atoms with Crippen LogP contribution in [0.1, 0.15) is 119 Å². The maximum atomic E-state index is 15.1. The number of hydrogen-bond donors (Lipinski definition) is 0. The Morgan fingerprint density at radius 2 is 1.39 bits per heavy atom. The predicted molar refractivity (Wildman–Crippen MR) is 141 cm³/mol. The third kappa shape index (κ3) is 6.86. The number of halogens is 3. The molecule has 0 aliphatic heterocycles. The lowest BCUT2D eigenvalue weighted by molar-refractivity contribution is 0.300. The molecule has 0 spiro atoms. The molecule has 198 valence electrons. The van der Waals surface area contributed by atoms with Gasteiger partial charge in [-0.2, -0.15) is 0 Å². The number of aryl methyl sites for hydroxylation is 1. The zero-order valence-corrected chi connectivity index (χ0v) is 22.1. The minimum Gasteiger partial charge on any atom is -0.493 e. The summed E-state index contributed by atoms with van der Waals surface area (Å²) in [6.45, 7) is 5.02. The zero-order valence-electron chi connectivity index (χ0n) is 22.1. The van der Waals surface area contributed by atoms with Gasteiger partial charge in [0.05, 0.1) is 6.61 Å².